The molecule has 1 aromatic rings. The van der Waals surface area contributed by atoms with Crippen LogP contribution in [0.3, 0.4) is 0 Å². The number of rotatable bonds is 4. The van der Waals surface area contributed by atoms with Gasteiger partial charge in [-0.2, -0.15) is 0 Å². The number of carbonyl (C=O) groups excluding carboxylic acids is 1. The molecule has 5 heteroatoms. The predicted molar refractivity (Wildman–Crippen MR) is 52.5 cm³/mol. The van der Waals surface area contributed by atoms with Crippen LogP contribution in [-0.2, 0) is 16.0 Å². The van der Waals surface area contributed by atoms with Gasteiger partial charge in [0.05, 0.1) is 19.6 Å². The molecule has 0 saturated carbocycles. The minimum Gasteiger partial charge on any atom is -0.350 e. The van der Waals surface area contributed by atoms with E-state index in [4.69, 9.17) is 9.47 Å². The molecular formula is C10H14N2O3. The van der Waals surface area contributed by atoms with Gasteiger partial charge in [-0.3, -0.25) is 4.79 Å². The summed E-state index contributed by atoms with van der Waals surface area (Å²) in [5.41, 5.74) is 0. The van der Waals surface area contributed by atoms with Crippen LogP contribution < -0.4 is 0 Å². The molecule has 2 heterocycles. The maximum atomic E-state index is 11.8. The number of aromatic nitrogens is 2. The number of carbonyl (C=O) groups is 1. The van der Waals surface area contributed by atoms with Crippen LogP contribution in [0.25, 0.3) is 0 Å². The van der Waals surface area contributed by atoms with Gasteiger partial charge >= 0.3 is 0 Å². The zero-order valence-corrected chi connectivity index (χ0v) is 8.68. The minimum absolute atomic E-state index is 0.0336. The monoisotopic (exact) mass is 210 g/mol. The molecule has 82 valence electrons. The van der Waals surface area contributed by atoms with Crippen molar-refractivity contribution >= 4 is 5.78 Å². The van der Waals surface area contributed by atoms with Crippen LogP contribution >= 0.6 is 0 Å². The molecule has 1 saturated heterocycles. The van der Waals surface area contributed by atoms with Gasteiger partial charge in [-0.25, -0.2) is 4.98 Å². The highest BCUT2D eigenvalue weighted by Gasteiger charge is 2.22. The van der Waals surface area contributed by atoms with Gasteiger partial charge in [0.15, 0.2) is 12.1 Å². The lowest BCUT2D eigenvalue weighted by Gasteiger charge is -2.08. The van der Waals surface area contributed by atoms with Crippen molar-refractivity contribution in [3.05, 3.63) is 18.2 Å². The van der Waals surface area contributed by atoms with Crippen molar-refractivity contribution in [1.82, 2.24) is 9.55 Å². The summed E-state index contributed by atoms with van der Waals surface area (Å²) >= 11 is 0. The maximum absolute atomic E-state index is 11.8. The Morgan fingerprint density at radius 2 is 2.33 bits per heavy atom. The number of ether oxygens (including phenoxy) is 2. The number of Topliss-reactive ketones (excluding diaryl/α,β-unsaturated/α-hetero) is 1. The smallest absolute Gasteiger partial charge is 0.203 e. The van der Waals surface area contributed by atoms with E-state index in [1.165, 1.54) is 0 Å². The first-order valence-corrected chi connectivity index (χ1v) is 5.08. The van der Waals surface area contributed by atoms with E-state index < -0.39 is 0 Å². The van der Waals surface area contributed by atoms with Gasteiger partial charge in [0.25, 0.3) is 0 Å². The second-order valence-corrected chi connectivity index (χ2v) is 3.34. The molecule has 15 heavy (non-hydrogen) atoms. The third-order valence-electron chi connectivity index (χ3n) is 2.35. The van der Waals surface area contributed by atoms with E-state index in [1.807, 2.05) is 11.5 Å². The van der Waals surface area contributed by atoms with Gasteiger partial charge in [0.1, 0.15) is 0 Å². The number of hydrogen-bond acceptors (Lipinski definition) is 4. The van der Waals surface area contributed by atoms with Gasteiger partial charge < -0.3 is 14.0 Å². The molecule has 1 aromatic heterocycles. The molecule has 0 amide bonds. The highest BCUT2D eigenvalue weighted by molar-refractivity contribution is 5.93. The van der Waals surface area contributed by atoms with Crippen molar-refractivity contribution in [1.29, 1.82) is 0 Å². The Kier molecular flexibility index (Phi) is 3.13. The summed E-state index contributed by atoms with van der Waals surface area (Å²) in [6.07, 6.45) is 3.28. The molecule has 0 radical (unpaired) electrons. The van der Waals surface area contributed by atoms with E-state index in [9.17, 15) is 4.79 Å². The molecule has 0 atom stereocenters. The summed E-state index contributed by atoms with van der Waals surface area (Å²) in [6.45, 7) is 3.86. The normalized spacial score (nSPS) is 17.1. The first-order chi connectivity index (χ1) is 7.31. The Morgan fingerprint density at radius 3 is 3.00 bits per heavy atom. The number of imidazole rings is 1. The standard InChI is InChI=1S/C10H14N2O3/c1-2-12-4-3-11-10(12)8(13)7-9-14-5-6-15-9/h3-4,9H,2,5-7H2,1H3. The number of ketones is 1. The fourth-order valence-electron chi connectivity index (χ4n) is 1.58. The number of hydrogen-bond donors (Lipinski definition) is 0. The van der Waals surface area contributed by atoms with Crippen LogP contribution in [0.5, 0.6) is 0 Å². The molecule has 0 bridgehead atoms. The first kappa shape index (κ1) is 10.3. The van der Waals surface area contributed by atoms with Crippen LogP contribution in [0.4, 0.5) is 0 Å². The Labute approximate surface area is 88.0 Å². The lowest BCUT2D eigenvalue weighted by Crippen LogP contribution is -2.17. The molecule has 5 nitrogen and oxygen atoms in total. The van der Waals surface area contributed by atoms with Crippen molar-refractivity contribution in [2.75, 3.05) is 13.2 Å². The van der Waals surface area contributed by atoms with Gasteiger partial charge in [-0.15, -0.1) is 0 Å². The third kappa shape index (κ3) is 2.24. The summed E-state index contributed by atoms with van der Waals surface area (Å²) < 4.78 is 12.2. The summed E-state index contributed by atoms with van der Waals surface area (Å²) in [5.74, 6) is 0.449. The van der Waals surface area contributed by atoms with E-state index in [1.54, 1.807) is 12.4 Å². The first-order valence-electron chi connectivity index (χ1n) is 5.08. The fourth-order valence-corrected chi connectivity index (χ4v) is 1.58. The van der Waals surface area contributed by atoms with Crippen LogP contribution in [0, 0.1) is 0 Å². The minimum atomic E-state index is -0.389. The summed E-state index contributed by atoms with van der Waals surface area (Å²) in [7, 11) is 0. The van der Waals surface area contributed by atoms with Crippen molar-refractivity contribution in [3.63, 3.8) is 0 Å². The molecule has 0 N–H and O–H groups in total. The average Bonchev–Trinajstić information content (AvgIpc) is 2.86. The fraction of sp³-hybridized carbons (Fsp3) is 0.600. The Bertz CT molecular complexity index is 342. The zero-order valence-electron chi connectivity index (χ0n) is 8.68. The van der Waals surface area contributed by atoms with Gasteiger partial charge in [-0.1, -0.05) is 0 Å². The molecule has 0 aromatic carbocycles. The van der Waals surface area contributed by atoms with Crippen molar-refractivity contribution in [3.8, 4) is 0 Å². The van der Waals surface area contributed by atoms with E-state index in [0.717, 1.165) is 6.54 Å². The number of nitrogens with zero attached hydrogens (tertiary/aromatic N) is 2. The molecule has 0 unspecified atom stereocenters. The molecular weight excluding hydrogens is 196 g/mol. The largest absolute Gasteiger partial charge is 0.350 e. The molecule has 1 fully saturated rings. The Hall–Kier alpha value is -1.20. The Balaban J connectivity index is 2.00. The highest BCUT2D eigenvalue weighted by atomic mass is 16.7. The van der Waals surface area contributed by atoms with Crippen LogP contribution in [0.15, 0.2) is 12.4 Å². The van der Waals surface area contributed by atoms with E-state index in [-0.39, 0.29) is 18.5 Å². The quantitative estimate of drug-likeness (QED) is 0.691. The van der Waals surface area contributed by atoms with Crippen LogP contribution in [0.1, 0.15) is 24.0 Å². The summed E-state index contributed by atoms with van der Waals surface area (Å²) in [6, 6.07) is 0. The van der Waals surface area contributed by atoms with E-state index in [0.29, 0.717) is 19.0 Å². The summed E-state index contributed by atoms with van der Waals surface area (Å²) in [5, 5.41) is 0. The Morgan fingerprint density at radius 1 is 1.60 bits per heavy atom. The number of aryl methyl sites for hydroxylation is 1. The lowest BCUT2D eigenvalue weighted by molar-refractivity contribution is -0.0409. The van der Waals surface area contributed by atoms with Gasteiger partial charge in [0.2, 0.25) is 5.78 Å². The van der Waals surface area contributed by atoms with Gasteiger partial charge in [0, 0.05) is 18.9 Å². The third-order valence-corrected chi connectivity index (χ3v) is 2.35. The topological polar surface area (TPSA) is 53.4 Å². The SMILES string of the molecule is CCn1ccnc1C(=O)CC1OCCO1. The molecule has 1 aliphatic rings. The zero-order chi connectivity index (χ0) is 10.7. The molecule has 2 rings (SSSR count). The summed E-state index contributed by atoms with van der Waals surface area (Å²) in [4.78, 5) is 15.8. The van der Waals surface area contributed by atoms with Crippen molar-refractivity contribution < 1.29 is 14.3 Å². The van der Waals surface area contributed by atoms with E-state index in [2.05, 4.69) is 4.98 Å². The average molecular weight is 210 g/mol. The van der Waals surface area contributed by atoms with Crippen LogP contribution in [-0.4, -0.2) is 34.8 Å². The molecule has 1 aliphatic heterocycles. The maximum Gasteiger partial charge on any atom is 0.203 e. The van der Waals surface area contributed by atoms with Gasteiger partial charge in [-0.05, 0) is 6.92 Å². The second kappa shape index (κ2) is 4.55. The van der Waals surface area contributed by atoms with Crippen molar-refractivity contribution in [2.45, 2.75) is 26.2 Å². The highest BCUT2D eigenvalue weighted by Crippen LogP contribution is 2.11. The molecule has 0 spiro atoms. The van der Waals surface area contributed by atoms with E-state index >= 15 is 0 Å². The lowest BCUT2D eigenvalue weighted by atomic mass is 10.2. The van der Waals surface area contributed by atoms with Crippen LogP contribution in [0.2, 0.25) is 0 Å². The predicted octanol–water partition coefficient (Wildman–Crippen LogP) is 0.849. The molecule has 0 aliphatic carbocycles. The second-order valence-electron chi connectivity index (χ2n) is 3.34. The van der Waals surface area contributed by atoms with Crippen molar-refractivity contribution in [2.24, 2.45) is 0 Å².